The van der Waals surface area contributed by atoms with Gasteiger partial charge in [0, 0.05) is 37.8 Å². The Morgan fingerprint density at radius 1 is 1.26 bits per heavy atom. The summed E-state index contributed by atoms with van der Waals surface area (Å²) in [5, 5.41) is 11.6. The lowest BCUT2D eigenvalue weighted by Gasteiger charge is -2.35. The average molecular weight is 465 g/mol. The number of hydrogen-bond acceptors (Lipinski definition) is 6. The SMILES string of the molecule is CCN1CCN(c2ccc(S(=O)(=O)[C@H]3CC[C@H](C(=O)NC4(C#N)CC4)C3)c(Cl)c2)CC1. The molecule has 1 heterocycles. The van der Waals surface area contributed by atoms with Gasteiger partial charge in [-0.15, -0.1) is 0 Å². The molecule has 7 nitrogen and oxygen atoms in total. The van der Waals surface area contributed by atoms with Gasteiger partial charge in [0.05, 0.1) is 21.2 Å². The van der Waals surface area contributed by atoms with Crippen molar-refractivity contribution >= 4 is 33.0 Å². The third kappa shape index (κ3) is 4.55. The number of benzene rings is 1. The first-order chi connectivity index (χ1) is 14.8. The fourth-order valence-electron chi connectivity index (χ4n) is 4.61. The smallest absolute Gasteiger partial charge is 0.224 e. The summed E-state index contributed by atoms with van der Waals surface area (Å²) in [6.07, 6.45) is 2.54. The van der Waals surface area contributed by atoms with E-state index >= 15 is 0 Å². The van der Waals surface area contributed by atoms with Crippen molar-refractivity contribution in [1.82, 2.24) is 10.2 Å². The van der Waals surface area contributed by atoms with E-state index in [1.54, 1.807) is 12.1 Å². The molecule has 1 N–H and O–H groups in total. The maximum Gasteiger partial charge on any atom is 0.224 e. The monoisotopic (exact) mass is 464 g/mol. The molecule has 2 atom stereocenters. The van der Waals surface area contributed by atoms with Gasteiger partial charge in [-0.25, -0.2) is 8.42 Å². The Labute approximate surface area is 189 Å². The van der Waals surface area contributed by atoms with Gasteiger partial charge in [-0.1, -0.05) is 18.5 Å². The highest BCUT2D eigenvalue weighted by molar-refractivity contribution is 7.92. The van der Waals surface area contributed by atoms with E-state index in [9.17, 15) is 13.2 Å². The zero-order valence-corrected chi connectivity index (χ0v) is 19.4. The van der Waals surface area contributed by atoms with Gasteiger partial charge in [0.2, 0.25) is 5.91 Å². The molecule has 0 bridgehead atoms. The van der Waals surface area contributed by atoms with Gasteiger partial charge >= 0.3 is 0 Å². The molecule has 168 valence electrons. The summed E-state index contributed by atoms with van der Waals surface area (Å²) in [7, 11) is -3.63. The van der Waals surface area contributed by atoms with E-state index in [4.69, 9.17) is 16.9 Å². The highest BCUT2D eigenvalue weighted by Gasteiger charge is 2.47. The van der Waals surface area contributed by atoms with Crippen molar-refractivity contribution in [3.63, 3.8) is 0 Å². The summed E-state index contributed by atoms with van der Waals surface area (Å²) in [6, 6.07) is 7.34. The number of carbonyl (C=O) groups is 1. The Hall–Kier alpha value is -1.82. The standard InChI is InChI=1S/C22H29ClN4O3S/c1-2-26-9-11-27(12-10-26)17-4-6-20(19(23)14-17)31(29,30)18-5-3-16(13-18)21(28)25-22(15-24)7-8-22/h4,6,14,16,18H,2-3,5,7-13H2,1H3,(H,25,28)/t16-,18-/m0/s1. The number of halogens is 1. The van der Waals surface area contributed by atoms with Crippen molar-refractivity contribution in [1.29, 1.82) is 5.26 Å². The third-order valence-electron chi connectivity index (χ3n) is 6.93. The molecule has 2 aliphatic carbocycles. The predicted molar refractivity (Wildman–Crippen MR) is 120 cm³/mol. The van der Waals surface area contributed by atoms with Crippen molar-refractivity contribution in [2.45, 2.75) is 54.7 Å². The molecular formula is C22H29ClN4O3S. The summed E-state index contributed by atoms with van der Waals surface area (Å²) in [5.41, 5.74) is 0.213. The summed E-state index contributed by atoms with van der Waals surface area (Å²) < 4.78 is 26.5. The summed E-state index contributed by atoms with van der Waals surface area (Å²) in [4.78, 5) is 17.3. The predicted octanol–water partition coefficient (Wildman–Crippen LogP) is 2.60. The number of rotatable bonds is 6. The van der Waals surface area contributed by atoms with Crippen LogP contribution in [0.1, 0.15) is 39.0 Å². The first kappa shape index (κ1) is 22.4. The molecule has 4 rings (SSSR count). The van der Waals surface area contributed by atoms with Crippen LogP contribution in [-0.2, 0) is 14.6 Å². The molecule has 31 heavy (non-hydrogen) atoms. The molecule has 2 saturated carbocycles. The minimum absolute atomic E-state index is 0.145. The minimum atomic E-state index is -3.63. The lowest BCUT2D eigenvalue weighted by molar-refractivity contribution is -0.125. The van der Waals surface area contributed by atoms with Crippen LogP contribution in [0.25, 0.3) is 0 Å². The largest absolute Gasteiger partial charge is 0.369 e. The summed E-state index contributed by atoms with van der Waals surface area (Å²) in [5.74, 6) is -0.581. The van der Waals surface area contributed by atoms with Crippen molar-refractivity contribution in [3.8, 4) is 6.07 Å². The Balaban J connectivity index is 1.43. The number of sulfone groups is 1. The Morgan fingerprint density at radius 2 is 1.97 bits per heavy atom. The lowest BCUT2D eigenvalue weighted by Crippen LogP contribution is -2.46. The molecular weight excluding hydrogens is 436 g/mol. The average Bonchev–Trinajstić information content (AvgIpc) is 3.34. The highest BCUT2D eigenvalue weighted by atomic mass is 35.5. The molecule has 1 aromatic rings. The molecule has 1 amide bonds. The number of amides is 1. The zero-order chi connectivity index (χ0) is 22.2. The summed E-state index contributed by atoms with van der Waals surface area (Å²) >= 11 is 6.45. The summed E-state index contributed by atoms with van der Waals surface area (Å²) in [6.45, 7) is 6.92. The van der Waals surface area contributed by atoms with E-state index in [0.29, 0.717) is 25.7 Å². The Kier molecular flexibility index (Phi) is 6.21. The van der Waals surface area contributed by atoms with Crippen LogP contribution in [-0.4, -0.2) is 62.7 Å². The molecule has 1 saturated heterocycles. The van der Waals surface area contributed by atoms with Gasteiger partial charge in [-0.3, -0.25) is 4.79 Å². The second-order valence-corrected chi connectivity index (χ2v) is 11.5. The van der Waals surface area contributed by atoms with Crippen LogP contribution < -0.4 is 10.2 Å². The van der Waals surface area contributed by atoms with Crippen LogP contribution in [0.2, 0.25) is 5.02 Å². The molecule has 0 unspecified atom stereocenters. The maximum atomic E-state index is 13.3. The molecule has 0 spiro atoms. The third-order valence-corrected chi connectivity index (χ3v) is 9.63. The minimum Gasteiger partial charge on any atom is -0.369 e. The van der Waals surface area contributed by atoms with Crippen molar-refractivity contribution < 1.29 is 13.2 Å². The van der Waals surface area contributed by atoms with E-state index in [-0.39, 0.29) is 28.2 Å². The highest BCUT2D eigenvalue weighted by Crippen LogP contribution is 2.39. The fraction of sp³-hybridized carbons (Fsp3) is 0.636. The van der Waals surface area contributed by atoms with Gasteiger partial charge in [-0.2, -0.15) is 5.26 Å². The van der Waals surface area contributed by atoms with Gasteiger partial charge in [0.15, 0.2) is 9.84 Å². The number of likely N-dealkylation sites (N-methyl/N-ethyl adjacent to an activating group) is 1. The van der Waals surface area contributed by atoms with Crippen molar-refractivity contribution in [2.24, 2.45) is 5.92 Å². The van der Waals surface area contributed by atoms with E-state index in [1.165, 1.54) is 0 Å². The molecule has 9 heteroatoms. The zero-order valence-electron chi connectivity index (χ0n) is 17.8. The Bertz CT molecular complexity index is 994. The van der Waals surface area contributed by atoms with Crippen LogP contribution in [0.4, 0.5) is 5.69 Å². The number of anilines is 1. The number of nitrogens with zero attached hydrogens (tertiary/aromatic N) is 3. The fourth-order valence-corrected chi connectivity index (χ4v) is 6.98. The Morgan fingerprint density at radius 3 is 2.55 bits per heavy atom. The first-order valence-electron chi connectivity index (χ1n) is 11.0. The molecule has 0 radical (unpaired) electrons. The van der Waals surface area contributed by atoms with E-state index in [0.717, 1.165) is 38.4 Å². The molecule has 0 aromatic heterocycles. The molecule has 3 fully saturated rings. The second-order valence-electron chi connectivity index (χ2n) is 8.90. The van der Waals surface area contributed by atoms with Gasteiger partial charge in [0.1, 0.15) is 5.54 Å². The second kappa shape index (κ2) is 8.61. The van der Waals surface area contributed by atoms with Crippen LogP contribution in [0.3, 0.4) is 0 Å². The molecule has 3 aliphatic rings. The normalized spacial score (nSPS) is 25.8. The number of nitriles is 1. The molecule has 1 aliphatic heterocycles. The van der Waals surface area contributed by atoms with Gasteiger partial charge in [0.25, 0.3) is 0 Å². The van der Waals surface area contributed by atoms with E-state index < -0.39 is 20.6 Å². The topological polar surface area (TPSA) is 93.5 Å². The first-order valence-corrected chi connectivity index (χ1v) is 12.9. The number of piperazine rings is 1. The lowest BCUT2D eigenvalue weighted by atomic mass is 10.1. The number of nitrogens with one attached hydrogen (secondary N) is 1. The molecule has 1 aromatic carbocycles. The van der Waals surface area contributed by atoms with Crippen LogP contribution in [0.15, 0.2) is 23.1 Å². The maximum absolute atomic E-state index is 13.3. The van der Waals surface area contributed by atoms with Crippen molar-refractivity contribution in [3.05, 3.63) is 23.2 Å². The van der Waals surface area contributed by atoms with Crippen LogP contribution >= 0.6 is 11.6 Å². The van der Waals surface area contributed by atoms with Gasteiger partial charge in [-0.05, 0) is 56.8 Å². The quantitative estimate of drug-likeness (QED) is 0.695. The van der Waals surface area contributed by atoms with E-state index in [2.05, 4.69) is 28.1 Å². The van der Waals surface area contributed by atoms with E-state index in [1.807, 2.05) is 6.07 Å². The van der Waals surface area contributed by atoms with Crippen LogP contribution in [0, 0.1) is 17.2 Å². The van der Waals surface area contributed by atoms with Gasteiger partial charge < -0.3 is 15.1 Å². The number of hydrogen-bond donors (Lipinski definition) is 1. The van der Waals surface area contributed by atoms with Crippen LogP contribution in [0.5, 0.6) is 0 Å². The van der Waals surface area contributed by atoms with Crippen molar-refractivity contribution in [2.75, 3.05) is 37.6 Å². The number of carbonyl (C=O) groups excluding carboxylic acids is 1.